The maximum atomic E-state index is 11.0. The molecule has 0 bridgehead atoms. The van der Waals surface area contributed by atoms with Gasteiger partial charge >= 0.3 is 5.97 Å². The molecule has 0 aliphatic carbocycles. The number of aromatic nitrogens is 1. The zero-order chi connectivity index (χ0) is 13.7. The number of pyridine rings is 1. The van der Waals surface area contributed by atoms with Gasteiger partial charge in [0.1, 0.15) is 0 Å². The standard InChI is InChI=1S/C15H14BrNO2/c16-13-6-4-11(5-7-13)12(10-15(18)19)9-14-3-1-2-8-17-14/h1-8,12H,9-10H2,(H,18,19). The van der Waals surface area contributed by atoms with Gasteiger partial charge in [0, 0.05) is 16.4 Å². The van der Waals surface area contributed by atoms with Gasteiger partial charge in [0.25, 0.3) is 0 Å². The Labute approximate surface area is 120 Å². The van der Waals surface area contributed by atoms with Gasteiger partial charge < -0.3 is 5.11 Å². The van der Waals surface area contributed by atoms with E-state index in [0.29, 0.717) is 6.42 Å². The Bertz CT molecular complexity index is 540. The molecule has 4 heteroatoms. The summed E-state index contributed by atoms with van der Waals surface area (Å²) in [7, 11) is 0. The number of nitrogens with zero attached hydrogens (tertiary/aromatic N) is 1. The number of aliphatic carboxylic acids is 1. The molecule has 0 radical (unpaired) electrons. The van der Waals surface area contributed by atoms with Gasteiger partial charge in [-0.2, -0.15) is 0 Å². The van der Waals surface area contributed by atoms with Crippen molar-refractivity contribution < 1.29 is 9.90 Å². The highest BCUT2D eigenvalue weighted by molar-refractivity contribution is 9.10. The summed E-state index contributed by atoms with van der Waals surface area (Å²) in [4.78, 5) is 15.3. The third-order valence-corrected chi connectivity index (χ3v) is 3.47. The molecule has 1 atom stereocenters. The lowest BCUT2D eigenvalue weighted by Crippen LogP contribution is -2.10. The van der Waals surface area contributed by atoms with Crippen molar-refractivity contribution in [2.45, 2.75) is 18.8 Å². The third-order valence-electron chi connectivity index (χ3n) is 2.94. The topological polar surface area (TPSA) is 50.2 Å². The molecule has 98 valence electrons. The van der Waals surface area contributed by atoms with Crippen LogP contribution in [0.3, 0.4) is 0 Å². The molecule has 1 aromatic carbocycles. The molecule has 1 heterocycles. The normalized spacial score (nSPS) is 12.1. The molecule has 0 aliphatic rings. The molecule has 1 aromatic heterocycles. The van der Waals surface area contributed by atoms with Crippen LogP contribution in [-0.2, 0) is 11.2 Å². The molecule has 0 saturated carbocycles. The number of hydrogen-bond donors (Lipinski definition) is 1. The summed E-state index contributed by atoms with van der Waals surface area (Å²) in [5.74, 6) is -0.843. The molecule has 2 rings (SSSR count). The van der Waals surface area contributed by atoms with E-state index in [1.165, 1.54) is 0 Å². The zero-order valence-electron chi connectivity index (χ0n) is 10.3. The average molecular weight is 320 g/mol. The second-order valence-electron chi connectivity index (χ2n) is 4.37. The van der Waals surface area contributed by atoms with Gasteiger partial charge in [-0.25, -0.2) is 0 Å². The highest BCUT2D eigenvalue weighted by Crippen LogP contribution is 2.25. The summed E-state index contributed by atoms with van der Waals surface area (Å²) in [6, 6.07) is 13.5. The minimum absolute atomic E-state index is 0.0551. The second-order valence-corrected chi connectivity index (χ2v) is 5.29. The quantitative estimate of drug-likeness (QED) is 0.915. The van der Waals surface area contributed by atoms with Gasteiger partial charge in [-0.1, -0.05) is 34.1 Å². The van der Waals surface area contributed by atoms with Crippen LogP contribution in [0.1, 0.15) is 23.6 Å². The summed E-state index contributed by atoms with van der Waals surface area (Å²) in [5, 5.41) is 9.05. The van der Waals surface area contributed by atoms with Crippen molar-refractivity contribution >= 4 is 21.9 Å². The van der Waals surface area contributed by atoms with Crippen molar-refractivity contribution in [2.24, 2.45) is 0 Å². The molecular weight excluding hydrogens is 306 g/mol. The van der Waals surface area contributed by atoms with Crippen molar-refractivity contribution in [1.29, 1.82) is 0 Å². The lowest BCUT2D eigenvalue weighted by molar-refractivity contribution is -0.137. The van der Waals surface area contributed by atoms with Crippen molar-refractivity contribution in [3.63, 3.8) is 0 Å². The molecule has 19 heavy (non-hydrogen) atoms. The maximum absolute atomic E-state index is 11.0. The van der Waals surface area contributed by atoms with Gasteiger partial charge in [0.2, 0.25) is 0 Å². The first-order valence-corrected chi connectivity index (χ1v) is 6.81. The van der Waals surface area contributed by atoms with Crippen LogP contribution in [0.15, 0.2) is 53.1 Å². The van der Waals surface area contributed by atoms with E-state index >= 15 is 0 Å². The molecule has 1 N–H and O–H groups in total. The van der Waals surface area contributed by atoms with Gasteiger partial charge in [0.05, 0.1) is 6.42 Å². The van der Waals surface area contributed by atoms with E-state index < -0.39 is 5.97 Å². The van der Waals surface area contributed by atoms with E-state index in [4.69, 9.17) is 5.11 Å². The van der Waals surface area contributed by atoms with Gasteiger partial charge in [-0.05, 0) is 42.2 Å². The van der Waals surface area contributed by atoms with Crippen LogP contribution in [-0.4, -0.2) is 16.1 Å². The monoisotopic (exact) mass is 319 g/mol. The van der Waals surface area contributed by atoms with Crippen LogP contribution < -0.4 is 0 Å². The Morgan fingerprint density at radius 1 is 1.21 bits per heavy atom. The fraction of sp³-hybridized carbons (Fsp3) is 0.200. The van der Waals surface area contributed by atoms with Gasteiger partial charge in [0.15, 0.2) is 0 Å². The smallest absolute Gasteiger partial charge is 0.303 e. The van der Waals surface area contributed by atoms with Gasteiger partial charge in [-0.3, -0.25) is 9.78 Å². The summed E-state index contributed by atoms with van der Waals surface area (Å²) in [6.07, 6.45) is 2.47. The SMILES string of the molecule is O=C(O)CC(Cc1ccccn1)c1ccc(Br)cc1. The molecule has 0 spiro atoms. The summed E-state index contributed by atoms with van der Waals surface area (Å²) < 4.78 is 0.989. The highest BCUT2D eigenvalue weighted by Gasteiger charge is 2.16. The van der Waals surface area contributed by atoms with Crippen LogP contribution in [0.4, 0.5) is 0 Å². The van der Waals surface area contributed by atoms with E-state index in [1.54, 1.807) is 6.20 Å². The first-order chi connectivity index (χ1) is 9.15. The molecule has 2 aromatic rings. The summed E-state index contributed by atoms with van der Waals surface area (Å²) in [5.41, 5.74) is 1.94. The predicted octanol–water partition coefficient (Wildman–Crippen LogP) is 3.65. The molecular formula is C15H14BrNO2. The Morgan fingerprint density at radius 2 is 1.95 bits per heavy atom. The number of carboxylic acid groups (broad SMARTS) is 1. The number of carboxylic acids is 1. The molecule has 3 nitrogen and oxygen atoms in total. The summed E-state index contributed by atoms with van der Waals surface area (Å²) >= 11 is 3.38. The van der Waals surface area contributed by atoms with Crippen LogP contribution in [0.2, 0.25) is 0 Å². The molecule has 0 saturated heterocycles. The van der Waals surface area contributed by atoms with Crippen molar-refractivity contribution in [3.8, 4) is 0 Å². The van der Waals surface area contributed by atoms with Crippen molar-refractivity contribution in [3.05, 3.63) is 64.4 Å². The molecule has 0 fully saturated rings. The number of hydrogen-bond acceptors (Lipinski definition) is 2. The lowest BCUT2D eigenvalue weighted by Gasteiger charge is -2.15. The number of halogens is 1. The predicted molar refractivity (Wildman–Crippen MR) is 77.1 cm³/mol. The van der Waals surface area contributed by atoms with Crippen LogP contribution >= 0.6 is 15.9 Å². The zero-order valence-corrected chi connectivity index (χ0v) is 11.9. The van der Waals surface area contributed by atoms with Gasteiger partial charge in [-0.15, -0.1) is 0 Å². The first-order valence-electron chi connectivity index (χ1n) is 6.02. The fourth-order valence-electron chi connectivity index (χ4n) is 2.02. The Kier molecular flexibility index (Phi) is 4.68. The van der Waals surface area contributed by atoms with Crippen LogP contribution in [0.25, 0.3) is 0 Å². The summed E-state index contributed by atoms with van der Waals surface area (Å²) in [6.45, 7) is 0. The van der Waals surface area contributed by atoms with Crippen molar-refractivity contribution in [2.75, 3.05) is 0 Å². The molecule has 1 unspecified atom stereocenters. The number of rotatable bonds is 5. The third kappa shape index (κ3) is 4.17. The number of carbonyl (C=O) groups is 1. The Balaban J connectivity index is 2.20. The fourth-order valence-corrected chi connectivity index (χ4v) is 2.29. The largest absolute Gasteiger partial charge is 0.481 e. The van der Waals surface area contributed by atoms with Crippen LogP contribution in [0, 0.1) is 0 Å². The average Bonchev–Trinajstić information content (AvgIpc) is 2.39. The molecule has 0 aliphatic heterocycles. The van der Waals surface area contributed by atoms with Crippen molar-refractivity contribution in [1.82, 2.24) is 4.98 Å². The van der Waals surface area contributed by atoms with E-state index in [-0.39, 0.29) is 12.3 Å². The number of benzene rings is 1. The van der Waals surface area contributed by atoms with E-state index in [0.717, 1.165) is 15.7 Å². The van der Waals surface area contributed by atoms with E-state index in [9.17, 15) is 4.79 Å². The second kappa shape index (κ2) is 6.48. The highest BCUT2D eigenvalue weighted by atomic mass is 79.9. The van der Waals surface area contributed by atoms with E-state index in [2.05, 4.69) is 20.9 Å². The van der Waals surface area contributed by atoms with Crippen LogP contribution in [0.5, 0.6) is 0 Å². The Morgan fingerprint density at radius 3 is 2.53 bits per heavy atom. The Hall–Kier alpha value is -1.68. The minimum atomic E-state index is -0.788. The minimum Gasteiger partial charge on any atom is -0.481 e. The van der Waals surface area contributed by atoms with E-state index in [1.807, 2.05) is 42.5 Å². The lowest BCUT2D eigenvalue weighted by atomic mass is 9.91. The molecule has 0 amide bonds. The maximum Gasteiger partial charge on any atom is 0.303 e. The first kappa shape index (κ1) is 13.7.